The van der Waals surface area contributed by atoms with Gasteiger partial charge in [-0.3, -0.25) is 14.3 Å². The zero-order valence-corrected chi connectivity index (χ0v) is 15.0. The smallest absolute Gasteiger partial charge is 0.261 e. The lowest BCUT2D eigenvalue weighted by atomic mass is 10.1. The van der Waals surface area contributed by atoms with Crippen molar-refractivity contribution in [3.63, 3.8) is 0 Å². The lowest BCUT2D eigenvalue weighted by molar-refractivity contribution is 0.850. The predicted molar refractivity (Wildman–Crippen MR) is 107 cm³/mol. The van der Waals surface area contributed by atoms with Crippen LogP contribution in [-0.4, -0.2) is 32.4 Å². The maximum absolute atomic E-state index is 12.8. The van der Waals surface area contributed by atoms with E-state index in [0.29, 0.717) is 22.1 Å². The fraction of sp³-hybridized carbons (Fsp3) is 0.100. The van der Waals surface area contributed by atoms with Crippen molar-refractivity contribution in [1.82, 2.24) is 24.5 Å². The normalized spacial score (nSPS) is 11.9. The molecule has 0 amide bonds. The van der Waals surface area contributed by atoms with Crippen molar-refractivity contribution in [1.29, 1.82) is 5.41 Å². The Morgan fingerprint density at radius 1 is 1.26 bits per heavy atom. The van der Waals surface area contributed by atoms with E-state index in [-0.39, 0.29) is 5.56 Å². The number of allylic oxidation sites excluding steroid dienone is 1. The van der Waals surface area contributed by atoms with E-state index in [1.54, 1.807) is 47.8 Å². The Balaban J connectivity index is 2.05. The van der Waals surface area contributed by atoms with Crippen LogP contribution in [0.15, 0.2) is 59.8 Å². The Labute approximate surface area is 155 Å². The molecule has 7 nitrogen and oxygen atoms in total. The lowest BCUT2D eigenvalue weighted by Crippen LogP contribution is -2.19. The molecular formula is C20H18N6O. The SMILES string of the molecule is CN/C=C(\C=N)c1ccc2c(=O)n(C)c3cc(-c4cccnc4)nn3c2c1. The van der Waals surface area contributed by atoms with Gasteiger partial charge in [-0.05, 0) is 29.8 Å². The van der Waals surface area contributed by atoms with Gasteiger partial charge in [-0.25, -0.2) is 4.52 Å². The first-order chi connectivity index (χ1) is 13.1. The van der Waals surface area contributed by atoms with Crippen LogP contribution < -0.4 is 10.9 Å². The predicted octanol–water partition coefficient (Wildman–Crippen LogP) is 2.46. The van der Waals surface area contributed by atoms with Crippen LogP contribution in [0.2, 0.25) is 0 Å². The van der Waals surface area contributed by atoms with Gasteiger partial charge >= 0.3 is 0 Å². The number of nitrogens with zero attached hydrogens (tertiary/aromatic N) is 4. The number of pyridine rings is 1. The summed E-state index contributed by atoms with van der Waals surface area (Å²) in [6.07, 6.45) is 6.48. The Bertz CT molecular complexity index is 1250. The Morgan fingerprint density at radius 2 is 2.11 bits per heavy atom. The zero-order valence-electron chi connectivity index (χ0n) is 15.0. The van der Waals surface area contributed by atoms with E-state index in [1.807, 2.05) is 30.3 Å². The highest BCUT2D eigenvalue weighted by Gasteiger charge is 2.14. The summed E-state index contributed by atoms with van der Waals surface area (Å²) in [5.41, 5.74) is 4.48. The van der Waals surface area contributed by atoms with E-state index in [1.165, 1.54) is 6.21 Å². The number of rotatable bonds is 4. The molecule has 0 saturated heterocycles. The topological polar surface area (TPSA) is 88.1 Å². The molecule has 2 N–H and O–H groups in total. The number of fused-ring (bicyclic) bond motifs is 3. The van der Waals surface area contributed by atoms with Crippen molar-refractivity contribution in [2.75, 3.05) is 7.05 Å². The van der Waals surface area contributed by atoms with Gasteiger partial charge in [-0.2, -0.15) is 5.10 Å². The summed E-state index contributed by atoms with van der Waals surface area (Å²) >= 11 is 0. The van der Waals surface area contributed by atoms with E-state index in [2.05, 4.69) is 10.3 Å². The third-order valence-corrected chi connectivity index (χ3v) is 4.54. The quantitative estimate of drug-likeness (QED) is 0.549. The summed E-state index contributed by atoms with van der Waals surface area (Å²) in [4.78, 5) is 16.9. The molecule has 0 atom stereocenters. The average molecular weight is 358 g/mol. The lowest BCUT2D eigenvalue weighted by Gasteiger charge is -2.08. The number of nitrogens with one attached hydrogen (secondary N) is 2. The van der Waals surface area contributed by atoms with Crippen molar-refractivity contribution in [3.8, 4) is 11.3 Å². The van der Waals surface area contributed by atoms with E-state index < -0.39 is 0 Å². The minimum atomic E-state index is -0.0873. The number of aryl methyl sites for hydroxylation is 1. The van der Waals surface area contributed by atoms with Crippen LogP contribution in [0.4, 0.5) is 0 Å². The van der Waals surface area contributed by atoms with Gasteiger partial charge in [0.2, 0.25) is 0 Å². The van der Waals surface area contributed by atoms with Crippen molar-refractivity contribution < 1.29 is 0 Å². The van der Waals surface area contributed by atoms with Crippen molar-refractivity contribution in [3.05, 3.63) is 70.9 Å². The van der Waals surface area contributed by atoms with Gasteiger partial charge in [0.15, 0.2) is 0 Å². The van der Waals surface area contributed by atoms with Gasteiger partial charge in [-0.1, -0.05) is 6.07 Å². The minimum Gasteiger partial charge on any atom is -0.393 e. The third kappa shape index (κ3) is 2.69. The van der Waals surface area contributed by atoms with Crippen molar-refractivity contribution in [2.45, 2.75) is 0 Å². The molecule has 134 valence electrons. The summed E-state index contributed by atoms with van der Waals surface area (Å²) in [5.74, 6) is 0. The van der Waals surface area contributed by atoms with Crippen LogP contribution in [0.3, 0.4) is 0 Å². The number of hydrogen-bond donors (Lipinski definition) is 2. The van der Waals surface area contributed by atoms with Crippen LogP contribution in [-0.2, 0) is 7.05 Å². The molecule has 0 saturated carbocycles. The van der Waals surface area contributed by atoms with Gasteiger partial charge in [0, 0.05) is 56.1 Å². The Kier molecular flexibility index (Phi) is 4.04. The first-order valence-electron chi connectivity index (χ1n) is 8.45. The number of hydrogen-bond acceptors (Lipinski definition) is 5. The fourth-order valence-electron chi connectivity index (χ4n) is 3.16. The molecule has 0 aliphatic carbocycles. The first kappa shape index (κ1) is 16.7. The first-order valence-corrected chi connectivity index (χ1v) is 8.45. The van der Waals surface area contributed by atoms with Crippen LogP contribution >= 0.6 is 0 Å². The van der Waals surface area contributed by atoms with Gasteiger partial charge in [-0.15, -0.1) is 0 Å². The second-order valence-electron chi connectivity index (χ2n) is 6.17. The molecule has 27 heavy (non-hydrogen) atoms. The van der Waals surface area contributed by atoms with Gasteiger partial charge in [0.05, 0.1) is 16.6 Å². The molecule has 7 heteroatoms. The molecule has 0 fully saturated rings. The molecule has 0 aliphatic heterocycles. The summed E-state index contributed by atoms with van der Waals surface area (Å²) in [6, 6.07) is 11.2. The van der Waals surface area contributed by atoms with E-state index in [4.69, 9.17) is 10.5 Å². The summed E-state index contributed by atoms with van der Waals surface area (Å²) in [5, 5.41) is 15.9. The fourth-order valence-corrected chi connectivity index (χ4v) is 3.16. The average Bonchev–Trinajstić information content (AvgIpc) is 3.16. The summed E-state index contributed by atoms with van der Waals surface area (Å²) in [6.45, 7) is 0. The Hall–Kier alpha value is -3.74. The number of benzene rings is 1. The maximum Gasteiger partial charge on any atom is 0.261 e. The van der Waals surface area contributed by atoms with Crippen LogP contribution in [0.25, 0.3) is 33.4 Å². The largest absolute Gasteiger partial charge is 0.393 e. The molecule has 3 heterocycles. The molecule has 3 aromatic heterocycles. The highest BCUT2D eigenvalue weighted by Crippen LogP contribution is 2.23. The molecule has 4 aromatic rings. The van der Waals surface area contributed by atoms with Gasteiger partial charge in [0.1, 0.15) is 5.65 Å². The van der Waals surface area contributed by atoms with E-state index in [0.717, 1.165) is 16.8 Å². The second kappa shape index (κ2) is 6.53. The van der Waals surface area contributed by atoms with Crippen molar-refractivity contribution in [2.24, 2.45) is 7.05 Å². The summed E-state index contributed by atoms with van der Waals surface area (Å²) < 4.78 is 3.36. The number of aromatic nitrogens is 4. The van der Waals surface area contributed by atoms with Gasteiger partial charge < -0.3 is 10.7 Å². The molecule has 0 spiro atoms. The molecule has 0 radical (unpaired) electrons. The van der Waals surface area contributed by atoms with E-state index in [9.17, 15) is 4.79 Å². The maximum atomic E-state index is 12.8. The summed E-state index contributed by atoms with van der Waals surface area (Å²) in [7, 11) is 3.52. The Morgan fingerprint density at radius 3 is 2.81 bits per heavy atom. The molecule has 1 aromatic carbocycles. The van der Waals surface area contributed by atoms with E-state index >= 15 is 0 Å². The van der Waals surface area contributed by atoms with Crippen molar-refractivity contribution >= 4 is 28.3 Å². The standard InChI is InChI=1S/C20H18N6O/c1-22-11-15(10-21)13-5-6-16-18(8-13)26-19(25(2)20(16)27)9-17(24-26)14-4-3-7-23-12-14/h3-12,21-22H,1-2H3/b15-11+,21-10?. The van der Waals surface area contributed by atoms with Crippen LogP contribution in [0.5, 0.6) is 0 Å². The van der Waals surface area contributed by atoms with Gasteiger partial charge in [0.25, 0.3) is 5.56 Å². The van der Waals surface area contributed by atoms with Crippen LogP contribution in [0, 0.1) is 5.41 Å². The zero-order chi connectivity index (χ0) is 19.0. The minimum absolute atomic E-state index is 0.0873. The molecule has 4 rings (SSSR count). The molecule has 0 unspecified atom stereocenters. The highest BCUT2D eigenvalue weighted by molar-refractivity contribution is 6.09. The second-order valence-corrected chi connectivity index (χ2v) is 6.17. The third-order valence-electron chi connectivity index (χ3n) is 4.54. The van der Waals surface area contributed by atoms with Crippen LogP contribution in [0.1, 0.15) is 5.56 Å². The monoisotopic (exact) mass is 358 g/mol. The molecular weight excluding hydrogens is 340 g/mol. The highest BCUT2D eigenvalue weighted by atomic mass is 16.1. The molecule has 0 aliphatic rings. The molecule has 0 bridgehead atoms.